The van der Waals surface area contributed by atoms with E-state index in [2.05, 4.69) is 16.3 Å². The molecule has 0 amide bonds. The molecule has 0 aliphatic heterocycles. The molecule has 0 aliphatic rings. The number of nitrogens with one attached hydrogen (secondary N) is 1. The molecule has 1 aromatic carbocycles. The molecule has 1 heterocycles. The van der Waals surface area contributed by atoms with E-state index in [4.69, 9.17) is 5.73 Å². The highest BCUT2D eigenvalue weighted by Crippen LogP contribution is 2.21. The first kappa shape index (κ1) is 7.86. The molecule has 0 bridgehead atoms. The van der Waals surface area contributed by atoms with Gasteiger partial charge in [0.2, 0.25) is 0 Å². The van der Waals surface area contributed by atoms with Crippen molar-refractivity contribution < 1.29 is 0 Å². The quantitative estimate of drug-likeness (QED) is 0.648. The van der Waals surface area contributed by atoms with E-state index in [0.29, 0.717) is 0 Å². The first-order valence-electron chi connectivity index (χ1n) is 4.12. The number of rotatable bonds is 1. The first-order chi connectivity index (χ1) is 6.25. The minimum Gasteiger partial charge on any atom is -0.399 e. The third-order valence-electron chi connectivity index (χ3n) is 1.93. The third kappa shape index (κ3) is 1.54. The molecule has 0 atom stereocenters. The summed E-state index contributed by atoms with van der Waals surface area (Å²) in [6, 6.07) is 5.97. The third-order valence-corrected chi connectivity index (χ3v) is 1.93. The van der Waals surface area contributed by atoms with Crippen LogP contribution in [0.4, 0.5) is 5.69 Å². The Morgan fingerprint density at radius 1 is 1.23 bits per heavy atom. The van der Waals surface area contributed by atoms with Crippen LogP contribution < -0.4 is 5.73 Å². The molecule has 0 radical (unpaired) electrons. The maximum atomic E-state index is 5.73. The molecule has 66 valence electrons. The normalized spacial score (nSPS) is 10.2. The fraction of sp³-hybridized carbons (Fsp3) is 0.100. The Labute approximate surface area is 76.6 Å². The maximum absolute atomic E-state index is 5.73. The van der Waals surface area contributed by atoms with Crippen LogP contribution in [0.2, 0.25) is 0 Å². The Bertz CT molecular complexity index is 384. The Morgan fingerprint density at radius 2 is 2.08 bits per heavy atom. The van der Waals surface area contributed by atoms with E-state index in [1.807, 2.05) is 25.3 Å². The minimum absolute atomic E-state index is 0.788. The Kier molecular flexibility index (Phi) is 1.77. The van der Waals surface area contributed by atoms with Gasteiger partial charge < -0.3 is 5.73 Å². The van der Waals surface area contributed by atoms with Gasteiger partial charge in [-0.3, -0.25) is 5.10 Å². The Morgan fingerprint density at radius 3 is 2.69 bits per heavy atom. The summed E-state index contributed by atoms with van der Waals surface area (Å²) < 4.78 is 0. The molecule has 1 aromatic heterocycles. The number of benzene rings is 1. The number of anilines is 1. The fourth-order valence-corrected chi connectivity index (χ4v) is 1.39. The van der Waals surface area contributed by atoms with Crippen molar-refractivity contribution in [1.82, 2.24) is 10.2 Å². The van der Waals surface area contributed by atoms with Crippen LogP contribution in [0.15, 0.2) is 30.6 Å². The second-order valence-corrected chi connectivity index (χ2v) is 3.12. The second-order valence-electron chi connectivity index (χ2n) is 3.12. The van der Waals surface area contributed by atoms with Crippen molar-refractivity contribution in [3.63, 3.8) is 0 Å². The largest absolute Gasteiger partial charge is 0.399 e. The number of nitrogens with zero attached hydrogens (tertiary/aromatic N) is 1. The summed E-state index contributed by atoms with van der Waals surface area (Å²) in [4.78, 5) is 0. The van der Waals surface area contributed by atoms with Crippen LogP contribution in [0, 0.1) is 6.92 Å². The molecule has 0 aliphatic carbocycles. The summed E-state index contributed by atoms with van der Waals surface area (Å²) in [7, 11) is 0. The average Bonchev–Trinajstić information content (AvgIpc) is 2.53. The molecule has 13 heavy (non-hydrogen) atoms. The van der Waals surface area contributed by atoms with E-state index in [1.165, 1.54) is 0 Å². The van der Waals surface area contributed by atoms with Crippen molar-refractivity contribution in [1.29, 1.82) is 0 Å². The first-order valence-corrected chi connectivity index (χ1v) is 4.12. The van der Waals surface area contributed by atoms with Gasteiger partial charge in [-0.25, -0.2) is 0 Å². The lowest BCUT2D eigenvalue weighted by molar-refractivity contribution is 1.09. The average molecular weight is 173 g/mol. The van der Waals surface area contributed by atoms with E-state index < -0.39 is 0 Å². The number of aryl methyl sites for hydroxylation is 1. The molecule has 0 saturated heterocycles. The molecule has 3 heteroatoms. The smallest absolute Gasteiger partial charge is 0.0565 e. The lowest BCUT2D eigenvalue weighted by Gasteiger charge is -2.01. The van der Waals surface area contributed by atoms with Crippen LogP contribution in [-0.4, -0.2) is 10.2 Å². The molecular weight excluding hydrogens is 162 g/mol. The number of nitrogens with two attached hydrogens (primary N) is 1. The lowest BCUT2D eigenvalue weighted by Crippen LogP contribution is -1.86. The molecule has 3 nitrogen and oxygen atoms in total. The molecule has 0 fully saturated rings. The number of H-pyrrole nitrogens is 1. The van der Waals surface area contributed by atoms with E-state index in [0.717, 1.165) is 22.4 Å². The molecular formula is C10H11N3. The van der Waals surface area contributed by atoms with Crippen molar-refractivity contribution in [2.75, 3.05) is 5.73 Å². The van der Waals surface area contributed by atoms with Crippen LogP contribution in [0.1, 0.15) is 5.56 Å². The van der Waals surface area contributed by atoms with Crippen LogP contribution in [-0.2, 0) is 0 Å². The van der Waals surface area contributed by atoms with Gasteiger partial charge in [-0.15, -0.1) is 0 Å². The number of hydrogen-bond donors (Lipinski definition) is 2. The van der Waals surface area contributed by atoms with Crippen LogP contribution in [0.3, 0.4) is 0 Å². The van der Waals surface area contributed by atoms with E-state index in [9.17, 15) is 0 Å². The highest BCUT2D eigenvalue weighted by Gasteiger charge is 1.99. The maximum Gasteiger partial charge on any atom is 0.0565 e. The minimum atomic E-state index is 0.788. The van der Waals surface area contributed by atoms with Crippen molar-refractivity contribution in [2.45, 2.75) is 6.92 Å². The zero-order valence-corrected chi connectivity index (χ0v) is 7.41. The monoisotopic (exact) mass is 173 g/mol. The highest BCUT2D eigenvalue weighted by molar-refractivity contribution is 5.67. The van der Waals surface area contributed by atoms with Gasteiger partial charge in [0, 0.05) is 17.4 Å². The molecule has 0 saturated carbocycles. The van der Waals surface area contributed by atoms with Crippen molar-refractivity contribution >= 4 is 5.69 Å². The van der Waals surface area contributed by atoms with Gasteiger partial charge in [0.1, 0.15) is 0 Å². The van der Waals surface area contributed by atoms with Gasteiger partial charge in [0.25, 0.3) is 0 Å². The van der Waals surface area contributed by atoms with Gasteiger partial charge >= 0.3 is 0 Å². The van der Waals surface area contributed by atoms with Gasteiger partial charge in [0.05, 0.1) is 6.20 Å². The van der Waals surface area contributed by atoms with E-state index in [1.54, 1.807) is 6.20 Å². The highest BCUT2D eigenvalue weighted by atomic mass is 15.1. The van der Waals surface area contributed by atoms with Crippen LogP contribution in [0.5, 0.6) is 0 Å². The van der Waals surface area contributed by atoms with Gasteiger partial charge in [-0.05, 0) is 30.2 Å². The summed E-state index contributed by atoms with van der Waals surface area (Å²) in [5.74, 6) is 0. The molecule has 2 aromatic rings. The SMILES string of the molecule is Cc1cc(N)cc(-c2cn[nH]c2)c1. The van der Waals surface area contributed by atoms with Crippen molar-refractivity contribution in [2.24, 2.45) is 0 Å². The zero-order valence-electron chi connectivity index (χ0n) is 7.41. The number of hydrogen-bond acceptors (Lipinski definition) is 2. The van der Waals surface area contributed by atoms with E-state index in [-0.39, 0.29) is 0 Å². The molecule has 2 rings (SSSR count). The standard InChI is InChI=1S/C10H11N3/c1-7-2-8(4-10(11)3-7)9-5-12-13-6-9/h2-6H,11H2,1H3,(H,12,13). The topological polar surface area (TPSA) is 54.7 Å². The fourth-order valence-electron chi connectivity index (χ4n) is 1.39. The molecule has 0 unspecified atom stereocenters. The van der Waals surface area contributed by atoms with Gasteiger partial charge in [-0.2, -0.15) is 5.10 Å². The summed E-state index contributed by atoms with van der Waals surface area (Å²) >= 11 is 0. The summed E-state index contributed by atoms with van der Waals surface area (Å²) in [5, 5.41) is 6.67. The van der Waals surface area contributed by atoms with Gasteiger partial charge in [0.15, 0.2) is 0 Å². The van der Waals surface area contributed by atoms with Gasteiger partial charge in [-0.1, -0.05) is 6.07 Å². The summed E-state index contributed by atoms with van der Waals surface area (Å²) in [5.41, 5.74) is 9.85. The number of nitrogen functional groups attached to an aromatic ring is 1. The summed E-state index contributed by atoms with van der Waals surface area (Å²) in [6.45, 7) is 2.03. The van der Waals surface area contributed by atoms with Crippen LogP contribution >= 0.6 is 0 Å². The zero-order chi connectivity index (χ0) is 9.26. The predicted molar refractivity (Wildman–Crippen MR) is 53.2 cm³/mol. The molecule has 0 spiro atoms. The number of aromatic amines is 1. The van der Waals surface area contributed by atoms with E-state index >= 15 is 0 Å². The number of aromatic nitrogens is 2. The summed E-state index contributed by atoms with van der Waals surface area (Å²) in [6.07, 6.45) is 3.64. The Hall–Kier alpha value is -1.77. The lowest BCUT2D eigenvalue weighted by atomic mass is 10.1. The Balaban J connectivity index is 2.53. The second kappa shape index (κ2) is 2.94. The predicted octanol–water partition coefficient (Wildman–Crippen LogP) is 1.97. The molecule has 3 N–H and O–H groups in total. The van der Waals surface area contributed by atoms with Crippen LogP contribution in [0.25, 0.3) is 11.1 Å². The van der Waals surface area contributed by atoms with Crippen molar-refractivity contribution in [3.8, 4) is 11.1 Å². The van der Waals surface area contributed by atoms with Crippen molar-refractivity contribution in [3.05, 3.63) is 36.2 Å².